The standard InChI is InChI=1S/C12H12N2O6S/c1-6-11(7(2)20-13-6)21(18,19)14-8-3-4-10(15)9(5-8)12(16)17/h3-5,14-15H,1-2H3,(H,16,17). The van der Waals surface area contributed by atoms with Gasteiger partial charge >= 0.3 is 5.97 Å². The molecular formula is C12H12N2O6S. The molecule has 0 atom stereocenters. The number of nitrogens with one attached hydrogen (secondary N) is 1. The van der Waals surface area contributed by atoms with Gasteiger partial charge in [-0.25, -0.2) is 13.2 Å². The highest BCUT2D eigenvalue weighted by Crippen LogP contribution is 2.25. The SMILES string of the molecule is Cc1noc(C)c1S(=O)(=O)Nc1ccc(O)c(C(=O)O)c1. The fourth-order valence-corrected chi connectivity index (χ4v) is 3.22. The van der Waals surface area contributed by atoms with Crippen molar-refractivity contribution in [2.45, 2.75) is 18.7 Å². The Morgan fingerprint density at radius 3 is 2.52 bits per heavy atom. The number of aromatic hydroxyl groups is 1. The Kier molecular flexibility index (Phi) is 3.60. The van der Waals surface area contributed by atoms with Crippen LogP contribution in [0.15, 0.2) is 27.6 Å². The van der Waals surface area contributed by atoms with Crippen molar-refractivity contribution in [2.24, 2.45) is 0 Å². The summed E-state index contributed by atoms with van der Waals surface area (Å²) in [5, 5.41) is 21.8. The van der Waals surface area contributed by atoms with Crippen LogP contribution in [-0.2, 0) is 10.0 Å². The third kappa shape index (κ3) is 2.82. The van der Waals surface area contributed by atoms with E-state index >= 15 is 0 Å². The van der Waals surface area contributed by atoms with Gasteiger partial charge in [0.2, 0.25) is 0 Å². The maximum atomic E-state index is 12.2. The van der Waals surface area contributed by atoms with Crippen LogP contribution < -0.4 is 4.72 Å². The zero-order chi connectivity index (χ0) is 15.8. The molecule has 0 radical (unpaired) electrons. The number of rotatable bonds is 4. The molecule has 0 saturated heterocycles. The van der Waals surface area contributed by atoms with E-state index in [9.17, 15) is 18.3 Å². The number of phenols is 1. The lowest BCUT2D eigenvalue weighted by molar-refractivity contribution is 0.0693. The monoisotopic (exact) mass is 312 g/mol. The number of carboxylic acid groups (broad SMARTS) is 1. The Balaban J connectivity index is 2.42. The Hall–Kier alpha value is -2.55. The molecular weight excluding hydrogens is 300 g/mol. The third-order valence-electron chi connectivity index (χ3n) is 2.72. The summed E-state index contributed by atoms with van der Waals surface area (Å²) in [6.45, 7) is 2.93. The number of anilines is 1. The normalized spacial score (nSPS) is 11.3. The van der Waals surface area contributed by atoms with E-state index in [4.69, 9.17) is 9.63 Å². The quantitative estimate of drug-likeness (QED) is 0.729. The van der Waals surface area contributed by atoms with Crippen LogP contribution in [0.4, 0.5) is 5.69 Å². The summed E-state index contributed by atoms with van der Waals surface area (Å²) in [5.74, 6) is -1.70. The third-order valence-corrected chi connectivity index (χ3v) is 4.34. The van der Waals surface area contributed by atoms with Crippen molar-refractivity contribution in [3.05, 3.63) is 35.2 Å². The van der Waals surface area contributed by atoms with Crippen molar-refractivity contribution >= 4 is 21.7 Å². The topological polar surface area (TPSA) is 130 Å². The molecule has 2 rings (SSSR count). The number of nitrogens with zero attached hydrogens (tertiary/aromatic N) is 1. The minimum Gasteiger partial charge on any atom is -0.507 e. The minimum absolute atomic E-state index is 0.00481. The molecule has 9 heteroatoms. The molecule has 0 aliphatic carbocycles. The van der Waals surface area contributed by atoms with Crippen LogP contribution in [0, 0.1) is 13.8 Å². The molecule has 1 aromatic carbocycles. The van der Waals surface area contributed by atoms with Crippen LogP contribution >= 0.6 is 0 Å². The van der Waals surface area contributed by atoms with Crippen LogP contribution in [0.3, 0.4) is 0 Å². The predicted octanol–water partition coefficient (Wildman–Crippen LogP) is 1.50. The van der Waals surface area contributed by atoms with Crippen molar-refractivity contribution in [1.29, 1.82) is 0 Å². The van der Waals surface area contributed by atoms with Crippen LogP contribution in [0.2, 0.25) is 0 Å². The van der Waals surface area contributed by atoms with Crippen molar-refractivity contribution in [1.82, 2.24) is 5.16 Å². The van der Waals surface area contributed by atoms with E-state index in [0.29, 0.717) is 0 Å². The molecule has 1 heterocycles. The Morgan fingerprint density at radius 1 is 1.33 bits per heavy atom. The maximum Gasteiger partial charge on any atom is 0.339 e. The van der Waals surface area contributed by atoms with Gasteiger partial charge in [-0.15, -0.1) is 0 Å². The first-order valence-corrected chi connectivity index (χ1v) is 7.22. The Bertz CT molecular complexity index is 790. The largest absolute Gasteiger partial charge is 0.507 e. The summed E-state index contributed by atoms with van der Waals surface area (Å²) in [6, 6.07) is 3.36. The molecule has 0 fully saturated rings. The van der Waals surface area contributed by atoms with Gasteiger partial charge in [-0.3, -0.25) is 4.72 Å². The molecule has 0 spiro atoms. The van der Waals surface area contributed by atoms with Crippen LogP contribution in [-0.4, -0.2) is 29.8 Å². The Morgan fingerprint density at radius 2 is 2.00 bits per heavy atom. The van der Waals surface area contributed by atoms with Crippen LogP contribution in [0.1, 0.15) is 21.8 Å². The molecule has 0 bridgehead atoms. The predicted molar refractivity (Wildman–Crippen MR) is 71.9 cm³/mol. The lowest BCUT2D eigenvalue weighted by atomic mass is 10.2. The number of benzene rings is 1. The molecule has 8 nitrogen and oxygen atoms in total. The minimum atomic E-state index is -3.97. The van der Waals surface area contributed by atoms with Gasteiger partial charge in [0.1, 0.15) is 17.0 Å². The summed E-state index contributed by atoms with van der Waals surface area (Å²) >= 11 is 0. The van der Waals surface area contributed by atoms with Gasteiger partial charge in [0.05, 0.1) is 0 Å². The van der Waals surface area contributed by atoms with Gasteiger partial charge in [-0.2, -0.15) is 0 Å². The van der Waals surface area contributed by atoms with E-state index in [1.807, 2.05) is 0 Å². The van der Waals surface area contributed by atoms with Gasteiger partial charge in [-0.1, -0.05) is 5.16 Å². The van der Waals surface area contributed by atoms with Crippen molar-refractivity contribution < 1.29 is 27.9 Å². The average molecular weight is 312 g/mol. The number of aryl methyl sites for hydroxylation is 2. The first kappa shape index (κ1) is 14.9. The summed E-state index contributed by atoms with van der Waals surface area (Å²) in [4.78, 5) is 10.8. The van der Waals surface area contributed by atoms with Crippen molar-refractivity contribution in [3.63, 3.8) is 0 Å². The number of aromatic carboxylic acids is 1. The number of hydrogen-bond acceptors (Lipinski definition) is 6. The molecule has 0 aliphatic heterocycles. The molecule has 0 aliphatic rings. The first-order valence-electron chi connectivity index (χ1n) is 5.74. The van der Waals surface area contributed by atoms with Crippen LogP contribution in [0.5, 0.6) is 5.75 Å². The maximum absolute atomic E-state index is 12.2. The molecule has 0 saturated carbocycles. The second-order valence-electron chi connectivity index (χ2n) is 4.30. The first-order chi connectivity index (χ1) is 9.72. The zero-order valence-electron chi connectivity index (χ0n) is 11.1. The fourth-order valence-electron chi connectivity index (χ4n) is 1.84. The van der Waals surface area contributed by atoms with Crippen LogP contribution in [0.25, 0.3) is 0 Å². The number of sulfonamides is 1. The lowest BCUT2D eigenvalue weighted by Crippen LogP contribution is -2.15. The number of carboxylic acids is 1. The van der Waals surface area contributed by atoms with E-state index in [2.05, 4.69) is 9.88 Å². The molecule has 3 N–H and O–H groups in total. The van der Waals surface area contributed by atoms with Gasteiger partial charge < -0.3 is 14.7 Å². The van der Waals surface area contributed by atoms with Gasteiger partial charge in [0, 0.05) is 5.69 Å². The summed E-state index contributed by atoms with van der Waals surface area (Å²) < 4.78 is 31.5. The molecule has 1 aromatic heterocycles. The highest BCUT2D eigenvalue weighted by atomic mass is 32.2. The summed E-state index contributed by atoms with van der Waals surface area (Å²) in [5.41, 5.74) is -0.212. The van der Waals surface area contributed by atoms with Gasteiger partial charge in [-0.05, 0) is 32.0 Å². The highest BCUT2D eigenvalue weighted by Gasteiger charge is 2.24. The average Bonchev–Trinajstić information content (AvgIpc) is 2.71. The number of aromatic nitrogens is 1. The highest BCUT2D eigenvalue weighted by molar-refractivity contribution is 7.92. The second-order valence-corrected chi connectivity index (χ2v) is 5.92. The molecule has 0 amide bonds. The molecule has 0 unspecified atom stereocenters. The van der Waals surface area contributed by atoms with Gasteiger partial charge in [0.25, 0.3) is 10.0 Å². The fraction of sp³-hybridized carbons (Fsp3) is 0.167. The van der Waals surface area contributed by atoms with E-state index in [-0.39, 0.29) is 22.0 Å². The Labute approximate surface area is 120 Å². The number of carbonyl (C=O) groups is 1. The van der Waals surface area contributed by atoms with E-state index < -0.39 is 27.3 Å². The lowest BCUT2D eigenvalue weighted by Gasteiger charge is -2.09. The molecule has 112 valence electrons. The van der Waals surface area contributed by atoms with E-state index in [1.165, 1.54) is 19.9 Å². The molecule has 21 heavy (non-hydrogen) atoms. The summed E-state index contributed by atoms with van der Waals surface area (Å²) in [7, 11) is -3.97. The van der Waals surface area contributed by atoms with Crippen molar-refractivity contribution in [2.75, 3.05) is 4.72 Å². The summed E-state index contributed by atoms with van der Waals surface area (Å²) in [6.07, 6.45) is 0. The van der Waals surface area contributed by atoms with Crippen molar-refractivity contribution in [3.8, 4) is 5.75 Å². The zero-order valence-corrected chi connectivity index (χ0v) is 11.9. The van der Waals surface area contributed by atoms with E-state index in [0.717, 1.165) is 12.1 Å². The molecule has 2 aromatic rings. The van der Waals surface area contributed by atoms with Gasteiger partial charge in [0.15, 0.2) is 10.7 Å². The van der Waals surface area contributed by atoms with E-state index in [1.54, 1.807) is 0 Å². The number of hydrogen-bond donors (Lipinski definition) is 3. The smallest absolute Gasteiger partial charge is 0.339 e. The second kappa shape index (κ2) is 5.09.